The van der Waals surface area contributed by atoms with E-state index in [0.29, 0.717) is 35.3 Å². The van der Waals surface area contributed by atoms with E-state index in [2.05, 4.69) is 19.9 Å². The van der Waals surface area contributed by atoms with Gasteiger partial charge in [0.2, 0.25) is 5.78 Å². The van der Waals surface area contributed by atoms with E-state index >= 15 is 0 Å². The third-order valence-corrected chi connectivity index (χ3v) is 4.88. The molecule has 3 heterocycles. The Kier molecular flexibility index (Phi) is 5.76. The number of ether oxygens (including phenoxy) is 2. The number of benzene rings is 1. The highest BCUT2D eigenvalue weighted by atomic mass is 16.5. The van der Waals surface area contributed by atoms with Gasteiger partial charge in [-0.2, -0.15) is 0 Å². The lowest BCUT2D eigenvalue weighted by Gasteiger charge is -2.26. The van der Waals surface area contributed by atoms with Crippen molar-refractivity contribution in [3.63, 3.8) is 0 Å². The van der Waals surface area contributed by atoms with Crippen LogP contribution in [0.25, 0.3) is 0 Å². The van der Waals surface area contributed by atoms with E-state index in [9.17, 15) is 4.79 Å². The molecule has 3 aromatic rings. The lowest BCUT2D eigenvalue weighted by Crippen LogP contribution is -2.33. The lowest BCUT2D eigenvalue weighted by atomic mass is 10.1. The Morgan fingerprint density at radius 1 is 1.07 bits per heavy atom. The number of nitrogens with zero attached hydrogens (tertiary/aromatic N) is 4. The van der Waals surface area contributed by atoms with E-state index in [4.69, 9.17) is 9.47 Å². The maximum atomic E-state index is 12.5. The molecule has 148 valence electrons. The first kappa shape index (κ1) is 19.0. The quantitative estimate of drug-likeness (QED) is 0.571. The Morgan fingerprint density at radius 2 is 1.90 bits per heavy atom. The van der Waals surface area contributed by atoms with Crippen molar-refractivity contribution in [3.8, 4) is 11.6 Å². The van der Waals surface area contributed by atoms with Crippen molar-refractivity contribution in [1.82, 2.24) is 15.0 Å². The molecule has 0 saturated carbocycles. The van der Waals surface area contributed by atoms with Gasteiger partial charge < -0.3 is 14.4 Å². The monoisotopic (exact) mass is 390 g/mol. The molecule has 0 aliphatic carbocycles. The van der Waals surface area contributed by atoms with Crippen molar-refractivity contribution in [1.29, 1.82) is 0 Å². The molecule has 1 aliphatic rings. The molecule has 4 rings (SSSR count). The van der Waals surface area contributed by atoms with Gasteiger partial charge in [0, 0.05) is 37.8 Å². The molecule has 1 atom stereocenters. The maximum absolute atomic E-state index is 12.5. The molecule has 0 bridgehead atoms. The van der Waals surface area contributed by atoms with E-state index in [1.165, 1.54) is 0 Å². The number of methoxy groups -OCH3 is 1. The summed E-state index contributed by atoms with van der Waals surface area (Å²) in [6.07, 6.45) is 7.01. The summed E-state index contributed by atoms with van der Waals surface area (Å²) in [5.74, 6) is 1.61. The van der Waals surface area contributed by atoms with Crippen LogP contribution in [0.2, 0.25) is 0 Å². The fourth-order valence-corrected chi connectivity index (χ4v) is 3.50. The molecule has 7 heteroatoms. The summed E-state index contributed by atoms with van der Waals surface area (Å²) in [4.78, 5) is 27.7. The number of carbonyl (C=O) groups is 1. The zero-order valence-corrected chi connectivity index (χ0v) is 16.2. The van der Waals surface area contributed by atoms with Gasteiger partial charge in [-0.05, 0) is 49.2 Å². The van der Waals surface area contributed by atoms with Gasteiger partial charge in [-0.25, -0.2) is 9.97 Å². The SMILES string of the molecule is COCC1CCCN1c1nccnc1Oc1ccc(C(=O)c2ccccn2)cc1. The molecular weight excluding hydrogens is 368 g/mol. The number of aromatic nitrogens is 3. The van der Waals surface area contributed by atoms with Crippen molar-refractivity contribution in [2.45, 2.75) is 18.9 Å². The summed E-state index contributed by atoms with van der Waals surface area (Å²) in [6, 6.07) is 12.5. The summed E-state index contributed by atoms with van der Waals surface area (Å²) < 4.78 is 11.3. The minimum atomic E-state index is -0.128. The number of anilines is 1. The van der Waals surface area contributed by atoms with Crippen LogP contribution in [0.3, 0.4) is 0 Å². The Bertz CT molecular complexity index is 963. The Hall–Kier alpha value is -3.32. The maximum Gasteiger partial charge on any atom is 0.263 e. The van der Waals surface area contributed by atoms with Gasteiger partial charge in [0.15, 0.2) is 5.82 Å². The van der Waals surface area contributed by atoms with Gasteiger partial charge >= 0.3 is 0 Å². The highest BCUT2D eigenvalue weighted by Gasteiger charge is 2.28. The van der Waals surface area contributed by atoms with Crippen LogP contribution in [0.1, 0.15) is 28.9 Å². The normalized spacial score (nSPS) is 16.0. The van der Waals surface area contributed by atoms with Gasteiger partial charge in [-0.15, -0.1) is 0 Å². The van der Waals surface area contributed by atoms with Crippen LogP contribution >= 0.6 is 0 Å². The number of rotatable bonds is 7. The van der Waals surface area contributed by atoms with Crippen LogP contribution < -0.4 is 9.64 Å². The molecule has 0 radical (unpaired) electrons. The van der Waals surface area contributed by atoms with Crippen molar-refractivity contribution in [2.24, 2.45) is 0 Å². The van der Waals surface area contributed by atoms with Gasteiger partial charge in [-0.1, -0.05) is 6.07 Å². The molecular formula is C22H22N4O3. The first-order chi connectivity index (χ1) is 14.3. The zero-order valence-electron chi connectivity index (χ0n) is 16.2. The van der Waals surface area contributed by atoms with E-state index in [1.54, 1.807) is 68.2 Å². The molecule has 7 nitrogen and oxygen atoms in total. The van der Waals surface area contributed by atoms with Crippen molar-refractivity contribution in [3.05, 3.63) is 72.3 Å². The lowest BCUT2D eigenvalue weighted by molar-refractivity contribution is 0.103. The molecule has 1 unspecified atom stereocenters. The Labute approximate surface area is 169 Å². The third kappa shape index (κ3) is 4.25. The van der Waals surface area contributed by atoms with E-state index in [-0.39, 0.29) is 11.8 Å². The predicted molar refractivity (Wildman–Crippen MR) is 108 cm³/mol. The standard InChI is InChI=1S/C22H22N4O3/c1-28-15-17-5-4-14-26(17)21-22(25-13-12-24-21)29-18-9-7-16(8-10-18)20(27)19-6-2-3-11-23-19/h2-3,6-13,17H,4-5,14-15H2,1H3. The summed E-state index contributed by atoms with van der Waals surface area (Å²) in [5.41, 5.74) is 0.964. The molecule has 1 aromatic carbocycles. The topological polar surface area (TPSA) is 77.4 Å². The minimum absolute atomic E-state index is 0.128. The van der Waals surface area contributed by atoms with Crippen LogP contribution in [0.5, 0.6) is 11.6 Å². The minimum Gasteiger partial charge on any atom is -0.436 e. The fourth-order valence-electron chi connectivity index (χ4n) is 3.50. The van der Waals surface area contributed by atoms with Crippen LogP contribution in [-0.2, 0) is 4.74 Å². The summed E-state index contributed by atoms with van der Waals surface area (Å²) >= 11 is 0. The smallest absolute Gasteiger partial charge is 0.263 e. The molecule has 1 aliphatic heterocycles. The van der Waals surface area contributed by atoms with Crippen LogP contribution in [0.15, 0.2) is 61.1 Å². The Balaban J connectivity index is 1.52. The largest absolute Gasteiger partial charge is 0.436 e. The molecule has 1 fully saturated rings. The molecule has 0 amide bonds. The highest BCUT2D eigenvalue weighted by molar-refractivity contribution is 6.07. The fraction of sp³-hybridized carbons (Fsp3) is 0.273. The van der Waals surface area contributed by atoms with Crippen molar-refractivity contribution >= 4 is 11.6 Å². The number of hydrogen-bond acceptors (Lipinski definition) is 7. The molecule has 0 spiro atoms. The van der Waals surface area contributed by atoms with Gasteiger partial charge in [-0.3, -0.25) is 9.78 Å². The number of ketones is 1. The molecule has 2 aromatic heterocycles. The molecule has 0 N–H and O–H groups in total. The second-order valence-corrected chi connectivity index (χ2v) is 6.80. The van der Waals surface area contributed by atoms with Crippen molar-refractivity contribution < 1.29 is 14.3 Å². The van der Waals surface area contributed by atoms with E-state index < -0.39 is 0 Å². The van der Waals surface area contributed by atoms with Crippen LogP contribution in [0.4, 0.5) is 5.82 Å². The first-order valence-electron chi connectivity index (χ1n) is 9.56. The van der Waals surface area contributed by atoms with Crippen LogP contribution in [-0.4, -0.2) is 47.0 Å². The van der Waals surface area contributed by atoms with Gasteiger partial charge in [0.1, 0.15) is 11.4 Å². The average molecular weight is 390 g/mol. The van der Waals surface area contributed by atoms with E-state index in [1.807, 2.05) is 0 Å². The summed E-state index contributed by atoms with van der Waals surface area (Å²) in [6.45, 7) is 1.53. The second-order valence-electron chi connectivity index (χ2n) is 6.80. The van der Waals surface area contributed by atoms with Crippen LogP contribution in [0, 0.1) is 0 Å². The molecule has 29 heavy (non-hydrogen) atoms. The number of carbonyl (C=O) groups excluding carboxylic acids is 1. The second kappa shape index (κ2) is 8.79. The average Bonchev–Trinajstić information content (AvgIpc) is 3.23. The highest BCUT2D eigenvalue weighted by Crippen LogP contribution is 2.33. The first-order valence-corrected chi connectivity index (χ1v) is 9.56. The van der Waals surface area contributed by atoms with Gasteiger partial charge in [0.25, 0.3) is 5.88 Å². The van der Waals surface area contributed by atoms with Gasteiger partial charge in [0.05, 0.1) is 12.6 Å². The number of pyridine rings is 1. The Morgan fingerprint density at radius 3 is 2.66 bits per heavy atom. The number of hydrogen-bond donors (Lipinski definition) is 0. The molecule has 1 saturated heterocycles. The predicted octanol–water partition coefficient (Wildman–Crippen LogP) is 3.51. The summed E-state index contributed by atoms with van der Waals surface area (Å²) in [5, 5.41) is 0. The zero-order chi connectivity index (χ0) is 20.1. The third-order valence-electron chi connectivity index (χ3n) is 4.88. The summed E-state index contributed by atoms with van der Waals surface area (Å²) in [7, 11) is 1.71. The van der Waals surface area contributed by atoms with Crippen molar-refractivity contribution in [2.75, 3.05) is 25.2 Å². The van der Waals surface area contributed by atoms with E-state index in [0.717, 1.165) is 19.4 Å².